The number of nitrogens with one attached hydrogen (secondary N) is 2. The number of anilines is 2. The van der Waals surface area contributed by atoms with Crippen LogP contribution in [0.1, 0.15) is 26.0 Å². The fourth-order valence-electron chi connectivity index (χ4n) is 1.86. The Morgan fingerprint density at radius 1 is 1.48 bits per heavy atom. The third-order valence-corrected chi connectivity index (χ3v) is 3.47. The van der Waals surface area contributed by atoms with Crippen LogP contribution in [0.3, 0.4) is 0 Å². The largest absolute Gasteiger partial charge is 0.363 e. The summed E-state index contributed by atoms with van der Waals surface area (Å²) in [5, 5.41) is 14.1. The molecule has 1 unspecified atom stereocenters. The van der Waals surface area contributed by atoms with Gasteiger partial charge in [0, 0.05) is 19.1 Å². The zero-order valence-corrected chi connectivity index (χ0v) is 12.9. The molecule has 0 fully saturated rings. The van der Waals surface area contributed by atoms with Gasteiger partial charge in [0.1, 0.15) is 5.69 Å². The first-order valence-corrected chi connectivity index (χ1v) is 6.84. The predicted molar refractivity (Wildman–Crippen MR) is 82.1 cm³/mol. The summed E-state index contributed by atoms with van der Waals surface area (Å²) >= 11 is 0. The second kappa shape index (κ2) is 7.70. The van der Waals surface area contributed by atoms with Crippen molar-refractivity contribution in [2.24, 2.45) is 5.84 Å². The molecule has 0 spiro atoms. The molecule has 21 heavy (non-hydrogen) atoms. The molecule has 1 aromatic heterocycles. The third-order valence-electron chi connectivity index (χ3n) is 3.47. The SMILES string of the molecule is CCC(C)N(C)CCNc1nc(NN)nc(C)c1[N+](=O)[O-]. The van der Waals surface area contributed by atoms with Crippen LogP contribution in [0.25, 0.3) is 0 Å². The van der Waals surface area contributed by atoms with Crippen LogP contribution in [-0.4, -0.2) is 46.0 Å². The number of rotatable bonds is 8. The van der Waals surface area contributed by atoms with Crippen molar-refractivity contribution in [1.82, 2.24) is 14.9 Å². The van der Waals surface area contributed by atoms with Gasteiger partial charge in [-0.1, -0.05) is 6.92 Å². The minimum absolute atomic E-state index is 0.125. The molecule has 0 saturated heterocycles. The van der Waals surface area contributed by atoms with Crippen molar-refractivity contribution in [3.8, 4) is 0 Å². The van der Waals surface area contributed by atoms with Crippen molar-refractivity contribution in [3.63, 3.8) is 0 Å². The number of likely N-dealkylation sites (N-methyl/N-ethyl adjacent to an activating group) is 1. The topological polar surface area (TPSA) is 122 Å². The molecule has 9 nitrogen and oxygen atoms in total. The van der Waals surface area contributed by atoms with Gasteiger partial charge in [0.15, 0.2) is 0 Å². The lowest BCUT2D eigenvalue weighted by atomic mass is 10.2. The summed E-state index contributed by atoms with van der Waals surface area (Å²) in [6.45, 7) is 7.10. The van der Waals surface area contributed by atoms with Crippen molar-refractivity contribution in [1.29, 1.82) is 0 Å². The Morgan fingerprint density at radius 3 is 2.67 bits per heavy atom. The molecule has 0 aliphatic carbocycles. The molecule has 0 amide bonds. The first kappa shape index (κ1) is 17.1. The van der Waals surface area contributed by atoms with Gasteiger partial charge in [-0.3, -0.25) is 15.5 Å². The molecule has 0 aromatic carbocycles. The van der Waals surface area contributed by atoms with Crippen LogP contribution >= 0.6 is 0 Å². The zero-order chi connectivity index (χ0) is 16.0. The van der Waals surface area contributed by atoms with Crippen molar-refractivity contribution < 1.29 is 4.92 Å². The molecular weight excluding hydrogens is 274 g/mol. The summed E-state index contributed by atoms with van der Waals surface area (Å²) in [5.74, 6) is 5.60. The van der Waals surface area contributed by atoms with E-state index >= 15 is 0 Å². The second-order valence-corrected chi connectivity index (χ2v) is 4.90. The van der Waals surface area contributed by atoms with Crippen molar-refractivity contribution >= 4 is 17.5 Å². The lowest BCUT2D eigenvalue weighted by Gasteiger charge is -2.23. The van der Waals surface area contributed by atoms with Crippen LogP contribution in [0, 0.1) is 17.0 Å². The number of hydrogen-bond acceptors (Lipinski definition) is 8. The van der Waals surface area contributed by atoms with Gasteiger partial charge in [-0.25, -0.2) is 10.8 Å². The van der Waals surface area contributed by atoms with E-state index in [-0.39, 0.29) is 23.1 Å². The molecule has 1 heterocycles. The molecule has 1 aromatic rings. The summed E-state index contributed by atoms with van der Waals surface area (Å²) in [7, 11) is 2.02. The normalized spacial score (nSPS) is 12.3. The van der Waals surface area contributed by atoms with E-state index in [1.165, 1.54) is 0 Å². The van der Waals surface area contributed by atoms with Gasteiger partial charge >= 0.3 is 5.69 Å². The Kier molecular flexibility index (Phi) is 6.25. The van der Waals surface area contributed by atoms with E-state index < -0.39 is 4.92 Å². The highest BCUT2D eigenvalue weighted by molar-refractivity contribution is 5.60. The smallest absolute Gasteiger partial charge is 0.332 e. The lowest BCUT2D eigenvalue weighted by Crippen LogP contribution is -2.33. The molecule has 0 radical (unpaired) electrons. The van der Waals surface area contributed by atoms with Crippen LogP contribution in [0.2, 0.25) is 0 Å². The van der Waals surface area contributed by atoms with Crippen LogP contribution < -0.4 is 16.6 Å². The van der Waals surface area contributed by atoms with Crippen molar-refractivity contribution in [2.45, 2.75) is 33.2 Å². The third kappa shape index (κ3) is 4.50. The van der Waals surface area contributed by atoms with E-state index in [0.29, 0.717) is 12.6 Å². The van der Waals surface area contributed by atoms with E-state index in [4.69, 9.17) is 5.84 Å². The number of hydrogen-bond donors (Lipinski definition) is 3. The Bertz CT molecular complexity index is 495. The Hall–Kier alpha value is -2.00. The average molecular weight is 297 g/mol. The lowest BCUT2D eigenvalue weighted by molar-refractivity contribution is -0.385. The molecule has 0 aliphatic rings. The van der Waals surface area contributed by atoms with Crippen molar-refractivity contribution in [3.05, 3.63) is 15.8 Å². The second-order valence-electron chi connectivity index (χ2n) is 4.90. The number of hydrazine groups is 1. The summed E-state index contributed by atoms with van der Waals surface area (Å²) < 4.78 is 0. The van der Waals surface area contributed by atoms with Crippen LogP contribution in [0.4, 0.5) is 17.5 Å². The van der Waals surface area contributed by atoms with E-state index in [2.05, 4.69) is 39.5 Å². The maximum atomic E-state index is 11.1. The molecule has 1 rings (SSSR count). The fraction of sp³-hybridized carbons (Fsp3) is 0.667. The zero-order valence-electron chi connectivity index (χ0n) is 12.9. The van der Waals surface area contributed by atoms with E-state index in [9.17, 15) is 10.1 Å². The number of aryl methyl sites for hydroxylation is 1. The van der Waals surface area contributed by atoms with Crippen LogP contribution in [-0.2, 0) is 0 Å². The highest BCUT2D eigenvalue weighted by Gasteiger charge is 2.21. The van der Waals surface area contributed by atoms with Gasteiger partial charge in [-0.15, -0.1) is 0 Å². The first-order chi connectivity index (χ1) is 9.90. The molecule has 118 valence electrons. The van der Waals surface area contributed by atoms with E-state index in [1.807, 2.05) is 7.05 Å². The Morgan fingerprint density at radius 2 is 2.14 bits per heavy atom. The number of nitro groups is 1. The summed E-state index contributed by atoms with van der Waals surface area (Å²) in [6.07, 6.45) is 1.05. The van der Waals surface area contributed by atoms with Gasteiger partial charge in [-0.2, -0.15) is 4.98 Å². The predicted octanol–water partition coefficient (Wildman–Crippen LogP) is 1.12. The molecule has 0 saturated carbocycles. The maximum absolute atomic E-state index is 11.1. The van der Waals surface area contributed by atoms with Crippen molar-refractivity contribution in [2.75, 3.05) is 30.9 Å². The standard InChI is InChI=1S/C12H23N7O2/c1-5-8(2)18(4)7-6-14-11-10(19(20)21)9(3)15-12(16-11)17-13/h8H,5-7,13H2,1-4H3,(H2,14,15,16,17). The van der Waals surface area contributed by atoms with Gasteiger partial charge in [0.05, 0.1) is 4.92 Å². The maximum Gasteiger partial charge on any atom is 0.332 e. The molecule has 1 atom stereocenters. The van der Waals surface area contributed by atoms with Crippen LogP contribution in [0.15, 0.2) is 0 Å². The molecule has 9 heteroatoms. The minimum atomic E-state index is -0.490. The molecule has 4 N–H and O–H groups in total. The van der Waals surface area contributed by atoms with E-state index in [1.54, 1.807) is 6.92 Å². The Labute approximate surface area is 124 Å². The number of nitrogens with two attached hydrogens (primary N) is 1. The minimum Gasteiger partial charge on any atom is -0.363 e. The van der Waals surface area contributed by atoms with Gasteiger partial charge in [0.2, 0.25) is 11.8 Å². The van der Waals surface area contributed by atoms with Gasteiger partial charge in [-0.05, 0) is 27.3 Å². The number of nitrogen functional groups attached to an aromatic ring is 1. The van der Waals surface area contributed by atoms with Crippen LogP contribution in [0.5, 0.6) is 0 Å². The van der Waals surface area contributed by atoms with E-state index in [0.717, 1.165) is 13.0 Å². The Balaban J connectivity index is 2.82. The van der Waals surface area contributed by atoms with Gasteiger partial charge < -0.3 is 10.2 Å². The fourth-order valence-corrected chi connectivity index (χ4v) is 1.86. The monoisotopic (exact) mass is 297 g/mol. The first-order valence-electron chi connectivity index (χ1n) is 6.84. The quantitative estimate of drug-likeness (QED) is 0.370. The summed E-state index contributed by atoms with van der Waals surface area (Å²) in [4.78, 5) is 20.7. The number of aromatic nitrogens is 2. The average Bonchev–Trinajstić information content (AvgIpc) is 2.44. The highest BCUT2D eigenvalue weighted by Crippen LogP contribution is 2.26. The molecular formula is C12H23N7O2. The summed E-state index contributed by atoms with van der Waals surface area (Å²) in [6, 6.07) is 0.454. The molecule has 0 aliphatic heterocycles. The molecule has 0 bridgehead atoms. The summed E-state index contributed by atoms with van der Waals surface area (Å²) in [5.41, 5.74) is 2.45. The van der Waals surface area contributed by atoms with Gasteiger partial charge in [0.25, 0.3) is 0 Å². The number of nitrogens with zero attached hydrogens (tertiary/aromatic N) is 4. The highest BCUT2D eigenvalue weighted by atomic mass is 16.6.